The summed E-state index contributed by atoms with van der Waals surface area (Å²) < 4.78 is 11.2. The molecule has 25 heavy (non-hydrogen) atoms. The second-order valence-electron chi connectivity index (χ2n) is 6.24. The van der Waals surface area contributed by atoms with E-state index in [1.54, 1.807) is 18.4 Å². The van der Waals surface area contributed by atoms with Gasteiger partial charge in [0.25, 0.3) is 0 Å². The van der Waals surface area contributed by atoms with Crippen LogP contribution < -0.4 is 10.6 Å². The molecule has 1 aromatic rings. The van der Waals surface area contributed by atoms with E-state index < -0.39 is 0 Å². The highest BCUT2D eigenvalue weighted by Crippen LogP contribution is 2.17. The highest BCUT2D eigenvalue weighted by atomic mass is 127. The molecule has 1 saturated heterocycles. The van der Waals surface area contributed by atoms with Crippen LogP contribution in [0.3, 0.4) is 0 Å². The lowest BCUT2D eigenvalue weighted by molar-refractivity contribution is 0.0168. The maximum Gasteiger partial charge on any atom is 0.191 e. The lowest BCUT2D eigenvalue weighted by Gasteiger charge is -2.12. The molecule has 1 aromatic heterocycles. The van der Waals surface area contributed by atoms with Crippen LogP contribution in [0.4, 0.5) is 0 Å². The van der Waals surface area contributed by atoms with E-state index in [-0.39, 0.29) is 24.0 Å². The number of halogens is 1. The van der Waals surface area contributed by atoms with Gasteiger partial charge < -0.3 is 20.1 Å². The first kappa shape index (κ1) is 22.6. The molecule has 0 spiro atoms. The van der Waals surface area contributed by atoms with E-state index in [4.69, 9.17) is 9.47 Å². The second-order valence-corrected chi connectivity index (χ2v) is 7.18. The topological polar surface area (TPSA) is 67.8 Å². The fraction of sp³-hybridized carbons (Fsp3) is 0.765. The zero-order valence-corrected chi connectivity index (χ0v) is 18.6. The third-order valence-corrected chi connectivity index (χ3v) is 4.74. The van der Waals surface area contributed by atoms with Crippen LogP contribution in [0.5, 0.6) is 0 Å². The van der Waals surface area contributed by atoms with Gasteiger partial charge in [0.15, 0.2) is 5.96 Å². The maximum absolute atomic E-state index is 5.65. The number of guanidine groups is 1. The van der Waals surface area contributed by atoms with Crippen LogP contribution in [0.2, 0.25) is 0 Å². The maximum atomic E-state index is 5.65. The van der Waals surface area contributed by atoms with Gasteiger partial charge in [-0.15, -0.1) is 35.3 Å². The minimum atomic E-state index is 0. The van der Waals surface area contributed by atoms with Crippen molar-refractivity contribution in [3.63, 3.8) is 0 Å². The van der Waals surface area contributed by atoms with Crippen molar-refractivity contribution in [3.05, 3.63) is 16.1 Å². The van der Waals surface area contributed by atoms with E-state index in [1.807, 2.05) is 0 Å². The van der Waals surface area contributed by atoms with Crippen molar-refractivity contribution < 1.29 is 9.47 Å². The van der Waals surface area contributed by atoms with Gasteiger partial charge in [0.05, 0.1) is 24.9 Å². The van der Waals surface area contributed by atoms with Crippen molar-refractivity contribution in [3.8, 4) is 0 Å². The van der Waals surface area contributed by atoms with Gasteiger partial charge in [-0.1, -0.05) is 13.8 Å². The van der Waals surface area contributed by atoms with Gasteiger partial charge in [-0.05, 0) is 25.2 Å². The Morgan fingerprint density at radius 2 is 2.32 bits per heavy atom. The van der Waals surface area contributed by atoms with Crippen molar-refractivity contribution in [2.24, 2.45) is 4.99 Å². The molecule has 1 aliphatic rings. The fourth-order valence-corrected chi connectivity index (χ4v) is 3.32. The average Bonchev–Trinajstić information content (AvgIpc) is 3.25. The van der Waals surface area contributed by atoms with E-state index in [2.05, 4.69) is 39.8 Å². The summed E-state index contributed by atoms with van der Waals surface area (Å²) in [7, 11) is 1.78. The van der Waals surface area contributed by atoms with Crippen molar-refractivity contribution >= 4 is 41.3 Å². The molecule has 2 N–H and O–H groups in total. The van der Waals surface area contributed by atoms with Crippen LogP contribution in [0.1, 0.15) is 49.7 Å². The summed E-state index contributed by atoms with van der Waals surface area (Å²) in [5.41, 5.74) is 1.16. The second kappa shape index (κ2) is 12.8. The first-order valence-corrected chi connectivity index (χ1v) is 9.65. The molecule has 0 amide bonds. The van der Waals surface area contributed by atoms with Crippen LogP contribution >= 0.6 is 35.3 Å². The minimum Gasteiger partial charge on any atom is -0.379 e. The average molecular weight is 482 g/mol. The van der Waals surface area contributed by atoms with Crippen molar-refractivity contribution in [2.45, 2.75) is 51.7 Å². The van der Waals surface area contributed by atoms with E-state index in [0.29, 0.717) is 18.6 Å². The largest absolute Gasteiger partial charge is 0.379 e. The Kier molecular flexibility index (Phi) is 11.6. The Balaban J connectivity index is 0.00000312. The van der Waals surface area contributed by atoms with Gasteiger partial charge >= 0.3 is 0 Å². The predicted molar refractivity (Wildman–Crippen MR) is 114 cm³/mol. The van der Waals surface area contributed by atoms with Crippen LogP contribution in [0, 0.1) is 0 Å². The van der Waals surface area contributed by atoms with Gasteiger partial charge in [0.1, 0.15) is 5.01 Å². The van der Waals surface area contributed by atoms with Gasteiger partial charge in [0, 0.05) is 32.2 Å². The van der Waals surface area contributed by atoms with Gasteiger partial charge in [0.2, 0.25) is 0 Å². The third-order valence-electron chi connectivity index (χ3n) is 3.88. The predicted octanol–water partition coefficient (Wildman–Crippen LogP) is 3.14. The Hall–Kier alpha value is -0.450. The minimum absolute atomic E-state index is 0. The van der Waals surface area contributed by atoms with E-state index in [9.17, 15) is 0 Å². The summed E-state index contributed by atoms with van der Waals surface area (Å²) >= 11 is 1.69. The molecule has 1 fully saturated rings. The normalized spacial score (nSPS) is 17.6. The van der Waals surface area contributed by atoms with E-state index in [1.165, 1.54) is 0 Å². The molecule has 144 valence electrons. The van der Waals surface area contributed by atoms with Gasteiger partial charge in [-0.2, -0.15) is 0 Å². The van der Waals surface area contributed by atoms with Crippen LogP contribution in [-0.2, 0) is 16.0 Å². The van der Waals surface area contributed by atoms with Crippen LogP contribution in [0.15, 0.2) is 10.4 Å². The zero-order valence-electron chi connectivity index (χ0n) is 15.4. The lowest BCUT2D eigenvalue weighted by atomic mass is 10.2. The highest BCUT2D eigenvalue weighted by Gasteiger charge is 2.14. The monoisotopic (exact) mass is 482 g/mol. The van der Waals surface area contributed by atoms with Crippen LogP contribution in [-0.4, -0.2) is 50.5 Å². The fourth-order valence-electron chi connectivity index (χ4n) is 2.42. The van der Waals surface area contributed by atoms with Gasteiger partial charge in [-0.25, -0.2) is 4.98 Å². The summed E-state index contributed by atoms with van der Waals surface area (Å²) in [5.74, 6) is 1.28. The van der Waals surface area contributed by atoms with E-state index >= 15 is 0 Å². The molecule has 0 saturated carbocycles. The molecule has 1 atom stereocenters. The summed E-state index contributed by atoms with van der Waals surface area (Å²) in [6.45, 7) is 8.20. The molecule has 1 aliphatic heterocycles. The quantitative estimate of drug-likeness (QED) is 0.245. The Labute approximate surface area is 172 Å². The molecule has 0 aromatic carbocycles. The molecule has 2 rings (SSSR count). The highest BCUT2D eigenvalue weighted by molar-refractivity contribution is 14.0. The molecule has 2 heterocycles. The zero-order chi connectivity index (χ0) is 17.2. The summed E-state index contributed by atoms with van der Waals surface area (Å²) in [5, 5.41) is 9.81. The third kappa shape index (κ3) is 8.65. The SMILES string of the molecule is CN=C(NCCCOCC1CCCO1)NCc1nc(C(C)C)cs1.I. The standard InChI is InChI=1S/C17H30N4O2S.HI/c1-13(2)15-12-24-16(21-15)10-20-17(18-3)19-7-5-8-22-11-14-6-4-9-23-14;/h12-14H,4-11H2,1-3H3,(H2,18,19,20);1H. The molecular weight excluding hydrogens is 451 g/mol. The summed E-state index contributed by atoms with van der Waals surface area (Å²) in [6.07, 6.45) is 3.54. The molecule has 0 aliphatic carbocycles. The Bertz CT molecular complexity index is 505. The van der Waals surface area contributed by atoms with Crippen molar-refractivity contribution in [1.82, 2.24) is 15.6 Å². The van der Waals surface area contributed by atoms with Crippen molar-refractivity contribution in [2.75, 3.05) is 33.4 Å². The number of thiazole rings is 1. The first-order valence-electron chi connectivity index (χ1n) is 8.77. The molecule has 0 bridgehead atoms. The summed E-state index contributed by atoms with van der Waals surface area (Å²) in [4.78, 5) is 8.85. The molecular formula is C17H31IN4O2S. The first-order chi connectivity index (χ1) is 11.7. The number of ether oxygens (including phenoxy) is 2. The van der Waals surface area contributed by atoms with Crippen LogP contribution in [0.25, 0.3) is 0 Å². The molecule has 0 radical (unpaired) electrons. The smallest absolute Gasteiger partial charge is 0.191 e. The Morgan fingerprint density at radius 3 is 2.96 bits per heavy atom. The van der Waals surface area contributed by atoms with Crippen molar-refractivity contribution in [1.29, 1.82) is 0 Å². The summed E-state index contributed by atoms with van der Waals surface area (Å²) in [6, 6.07) is 0. The number of hydrogen-bond donors (Lipinski definition) is 2. The van der Waals surface area contributed by atoms with Gasteiger partial charge in [-0.3, -0.25) is 4.99 Å². The number of aliphatic imine (C=N–C) groups is 1. The number of aromatic nitrogens is 1. The Morgan fingerprint density at radius 1 is 1.48 bits per heavy atom. The number of rotatable bonds is 9. The number of hydrogen-bond acceptors (Lipinski definition) is 5. The number of nitrogens with zero attached hydrogens (tertiary/aromatic N) is 2. The lowest BCUT2D eigenvalue weighted by Crippen LogP contribution is -2.37. The molecule has 1 unspecified atom stereocenters. The molecule has 6 nitrogen and oxygen atoms in total. The number of nitrogens with one attached hydrogen (secondary N) is 2. The van der Waals surface area contributed by atoms with E-state index in [0.717, 1.165) is 62.3 Å². The molecule has 8 heteroatoms.